The van der Waals surface area contributed by atoms with Gasteiger partial charge in [-0.25, -0.2) is 9.97 Å². The smallest absolute Gasteiger partial charge is 0.284 e. The number of para-hydroxylation sites is 1. The van der Waals surface area contributed by atoms with Gasteiger partial charge in [0.05, 0.1) is 17.6 Å². The summed E-state index contributed by atoms with van der Waals surface area (Å²) in [6.07, 6.45) is 3.21. The minimum absolute atomic E-state index is 0.202. The molecule has 0 unspecified atom stereocenters. The number of benzene rings is 1. The quantitative estimate of drug-likeness (QED) is 0.501. The number of nitrogens with zero attached hydrogens (tertiary/aromatic N) is 3. The van der Waals surface area contributed by atoms with Crippen LogP contribution in [-0.2, 0) is 0 Å². The highest BCUT2D eigenvalue weighted by Crippen LogP contribution is 2.31. The Hall–Kier alpha value is -2.77. The first-order valence-electron chi connectivity index (χ1n) is 7.52. The molecule has 7 heteroatoms. The summed E-state index contributed by atoms with van der Waals surface area (Å²) in [5.41, 5.74) is 2.89. The molecule has 4 rings (SSSR count). The second kappa shape index (κ2) is 6.62. The van der Waals surface area contributed by atoms with Crippen molar-refractivity contribution < 1.29 is 9.21 Å². The number of anilines is 2. The molecule has 1 amide bonds. The molecule has 124 valence electrons. The summed E-state index contributed by atoms with van der Waals surface area (Å²) in [5.74, 6) is -0.202. The SMILES string of the molecule is Cc1csc(N(C(=O)c2csc(-c3ccoc3)n2)c2ccccc2)n1. The number of thiazole rings is 2. The third kappa shape index (κ3) is 3.11. The summed E-state index contributed by atoms with van der Waals surface area (Å²) in [4.78, 5) is 23.7. The summed E-state index contributed by atoms with van der Waals surface area (Å²) in [6.45, 7) is 1.91. The first kappa shape index (κ1) is 15.7. The number of amides is 1. The Morgan fingerprint density at radius 3 is 2.60 bits per heavy atom. The van der Waals surface area contributed by atoms with E-state index in [0.29, 0.717) is 10.8 Å². The predicted octanol–water partition coefficient (Wildman–Crippen LogP) is 5.15. The molecule has 3 aromatic heterocycles. The second-order valence-corrected chi connectivity index (χ2v) is 6.99. The highest BCUT2D eigenvalue weighted by atomic mass is 32.1. The number of hydrogen-bond donors (Lipinski definition) is 0. The molecule has 25 heavy (non-hydrogen) atoms. The molecule has 0 spiro atoms. The van der Waals surface area contributed by atoms with Gasteiger partial charge < -0.3 is 4.42 Å². The standard InChI is InChI=1S/C18H13N3O2S2/c1-12-10-25-18(19-12)21(14-5-3-2-4-6-14)17(22)15-11-24-16(20-15)13-7-8-23-9-13/h2-11H,1H3. The molecule has 0 atom stereocenters. The maximum Gasteiger partial charge on any atom is 0.284 e. The zero-order chi connectivity index (χ0) is 17.2. The number of aryl methyl sites for hydroxylation is 1. The summed E-state index contributed by atoms with van der Waals surface area (Å²) >= 11 is 2.85. The molecular weight excluding hydrogens is 354 g/mol. The van der Waals surface area contributed by atoms with Crippen LogP contribution in [0.4, 0.5) is 10.8 Å². The monoisotopic (exact) mass is 367 g/mol. The van der Waals surface area contributed by atoms with E-state index in [4.69, 9.17) is 4.42 Å². The molecule has 0 fully saturated rings. The van der Waals surface area contributed by atoms with Crippen LogP contribution in [0.2, 0.25) is 0 Å². The van der Waals surface area contributed by atoms with Crippen molar-refractivity contribution in [3.63, 3.8) is 0 Å². The van der Waals surface area contributed by atoms with Gasteiger partial charge in [-0.3, -0.25) is 9.69 Å². The number of carbonyl (C=O) groups is 1. The van der Waals surface area contributed by atoms with Crippen molar-refractivity contribution in [1.82, 2.24) is 9.97 Å². The number of carbonyl (C=O) groups excluding carboxylic acids is 1. The highest BCUT2D eigenvalue weighted by molar-refractivity contribution is 7.14. The van der Waals surface area contributed by atoms with Crippen LogP contribution in [0.3, 0.4) is 0 Å². The minimum atomic E-state index is -0.202. The van der Waals surface area contributed by atoms with Gasteiger partial charge in [-0.15, -0.1) is 22.7 Å². The van der Waals surface area contributed by atoms with Gasteiger partial charge in [-0.05, 0) is 25.1 Å². The first-order chi connectivity index (χ1) is 12.2. The van der Waals surface area contributed by atoms with Crippen LogP contribution in [0.1, 0.15) is 16.2 Å². The Morgan fingerprint density at radius 1 is 1.08 bits per heavy atom. The summed E-state index contributed by atoms with van der Waals surface area (Å²) in [6, 6.07) is 11.3. The van der Waals surface area contributed by atoms with Crippen LogP contribution < -0.4 is 4.90 Å². The number of aromatic nitrogens is 2. The molecule has 0 N–H and O–H groups in total. The van der Waals surface area contributed by atoms with Gasteiger partial charge in [0, 0.05) is 16.3 Å². The molecule has 0 saturated carbocycles. The molecule has 0 aliphatic heterocycles. The highest BCUT2D eigenvalue weighted by Gasteiger charge is 2.24. The minimum Gasteiger partial charge on any atom is -0.472 e. The van der Waals surface area contributed by atoms with Crippen molar-refractivity contribution in [2.75, 3.05) is 4.90 Å². The van der Waals surface area contributed by atoms with E-state index in [2.05, 4.69) is 9.97 Å². The Morgan fingerprint density at radius 2 is 1.92 bits per heavy atom. The number of rotatable bonds is 4. The van der Waals surface area contributed by atoms with Gasteiger partial charge in [0.1, 0.15) is 17.0 Å². The van der Waals surface area contributed by atoms with Crippen molar-refractivity contribution in [1.29, 1.82) is 0 Å². The van der Waals surface area contributed by atoms with Crippen LogP contribution in [-0.4, -0.2) is 15.9 Å². The summed E-state index contributed by atoms with van der Waals surface area (Å²) < 4.78 is 5.09. The van der Waals surface area contributed by atoms with Gasteiger partial charge >= 0.3 is 0 Å². The molecule has 3 heterocycles. The van der Waals surface area contributed by atoms with Crippen molar-refractivity contribution in [3.05, 3.63) is 71.1 Å². The van der Waals surface area contributed by atoms with Crippen molar-refractivity contribution in [3.8, 4) is 10.6 Å². The lowest BCUT2D eigenvalue weighted by Crippen LogP contribution is -2.26. The van der Waals surface area contributed by atoms with Gasteiger partial charge in [0.25, 0.3) is 5.91 Å². The third-order valence-electron chi connectivity index (χ3n) is 3.51. The Labute approximate surface area is 152 Å². The molecule has 4 aromatic rings. The average molecular weight is 367 g/mol. The predicted molar refractivity (Wildman–Crippen MR) is 99.6 cm³/mol. The molecule has 5 nitrogen and oxygen atoms in total. The fourth-order valence-corrected chi connectivity index (χ4v) is 3.94. The maximum absolute atomic E-state index is 13.2. The van der Waals surface area contributed by atoms with E-state index in [1.165, 1.54) is 22.7 Å². The molecule has 0 radical (unpaired) electrons. The van der Waals surface area contributed by atoms with Crippen molar-refractivity contribution in [2.45, 2.75) is 6.92 Å². The Bertz CT molecular complexity index is 990. The second-order valence-electron chi connectivity index (χ2n) is 5.30. The maximum atomic E-state index is 13.2. The van der Waals surface area contributed by atoms with Crippen molar-refractivity contribution >= 4 is 39.4 Å². The van der Waals surface area contributed by atoms with Gasteiger partial charge in [-0.2, -0.15) is 0 Å². The topological polar surface area (TPSA) is 59.2 Å². The average Bonchev–Trinajstić information content (AvgIpc) is 3.37. The van der Waals surface area contributed by atoms with Gasteiger partial charge in [0.15, 0.2) is 5.13 Å². The molecule has 0 saturated heterocycles. The van der Waals surface area contributed by atoms with Gasteiger partial charge in [-0.1, -0.05) is 18.2 Å². The number of furan rings is 1. The molecule has 0 aliphatic carbocycles. The van der Waals surface area contributed by atoms with Crippen LogP contribution in [0.15, 0.2) is 64.1 Å². The fraction of sp³-hybridized carbons (Fsp3) is 0.0556. The molecule has 0 aliphatic rings. The largest absolute Gasteiger partial charge is 0.472 e. The Kier molecular flexibility index (Phi) is 4.17. The fourth-order valence-electron chi connectivity index (χ4n) is 2.34. The lowest BCUT2D eigenvalue weighted by atomic mass is 10.3. The van der Waals surface area contributed by atoms with E-state index >= 15 is 0 Å². The zero-order valence-corrected chi connectivity index (χ0v) is 14.9. The lowest BCUT2D eigenvalue weighted by molar-refractivity contribution is 0.0995. The van der Waals surface area contributed by atoms with Crippen LogP contribution in [0, 0.1) is 6.92 Å². The van der Waals surface area contributed by atoms with E-state index in [9.17, 15) is 4.79 Å². The molecule has 1 aromatic carbocycles. The number of hydrogen-bond acceptors (Lipinski definition) is 6. The van der Waals surface area contributed by atoms with E-state index < -0.39 is 0 Å². The zero-order valence-electron chi connectivity index (χ0n) is 13.2. The molecule has 0 bridgehead atoms. The first-order valence-corrected chi connectivity index (χ1v) is 9.28. The van der Waals surface area contributed by atoms with E-state index in [1.54, 1.807) is 22.8 Å². The van der Waals surface area contributed by atoms with Gasteiger partial charge in [0.2, 0.25) is 0 Å². The molecular formula is C18H13N3O2S2. The lowest BCUT2D eigenvalue weighted by Gasteiger charge is -2.18. The van der Waals surface area contributed by atoms with Crippen LogP contribution in [0.5, 0.6) is 0 Å². The van der Waals surface area contributed by atoms with E-state index in [1.807, 2.05) is 48.7 Å². The summed E-state index contributed by atoms with van der Waals surface area (Å²) in [7, 11) is 0. The van der Waals surface area contributed by atoms with Crippen LogP contribution in [0.25, 0.3) is 10.6 Å². The van der Waals surface area contributed by atoms with Crippen LogP contribution >= 0.6 is 22.7 Å². The van der Waals surface area contributed by atoms with E-state index in [-0.39, 0.29) is 5.91 Å². The normalized spacial score (nSPS) is 10.8. The Balaban J connectivity index is 1.73. The van der Waals surface area contributed by atoms with E-state index in [0.717, 1.165) is 22.0 Å². The van der Waals surface area contributed by atoms with Crippen molar-refractivity contribution in [2.24, 2.45) is 0 Å². The summed E-state index contributed by atoms with van der Waals surface area (Å²) in [5, 5.41) is 5.07. The third-order valence-corrected chi connectivity index (χ3v) is 5.34.